The highest BCUT2D eigenvalue weighted by Gasteiger charge is 2.40. The summed E-state index contributed by atoms with van der Waals surface area (Å²) >= 11 is 0. The van der Waals surface area contributed by atoms with Crippen molar-refractivity contribution in [3.05, 3.63) is 222 Å². The van der Waals surface area contributed by atoms with Crippen LogP contribution >= 0.6 is 0 Å². The average Bonchev–Trinajstić information content (AvgIpc) is 3.82. The zero-order chi connectivity index (χ0) is 40.3. The van der Waals surface area contributed by atoms with Crippen LogP contribution in [0.5, 0.6) is 0 Å². The van der Waals surface area contributed by atoms with E-state index in [1.54, 1.807) is 0 Å². The van der Waals surface area contributed by atoms with Crippen LogP contribution < -0.4 is 9.80 Å². The summed E-state index contributed by atoms with van der Waals surface area (Å²) in [7, 11) is 0. The fraction of sp³-hybridized carbons (Fsp3) is 0.145. The van der Waals surface area contributed by atoms with Gasteiger partial charge in [0.25, 0.3) is 0 Å². The largest absolute Gasteiger partial charge is 0.347 e. The summed E-state index contributed by atoms with van der Waals surface area (Å²) in [5.74, 6) is 0.900. The van der Waals surface area contributed by atoms with Crippen molar-refractivity contribution in [2.24, 2.45) is 0 Å². The number of aromatic nitrogens is 2. The molecule has 59 heavy (non-hydrogen) atoms. The van der Waals surface area contributed by atoms with Gasteiger partial charge < -0.3 is 9.80 Å². The molecule has 9 aromatic rings. The number of benzene rings is 7. The minimum absolute atomic E-state index is 0.0404. The average molecular weight is 765 g/mol. The van der Waals surface area contributed by atoms with Gasteiger partial charge in [-0.25, -0.2) is 4.98 Å². The second-order valence-corrected chi connectivity index (χ2v) is 16.9. The Balaban J connectivity index is 1.24. The molecule has 1 aliphatic rings. The molecule has 1 aliphatic heterocycles. The molecule has 0 aliphatic carbocycles. The van der Waals surface area contributed by atoms with Crippen LogP contribution in [0, 0.1) is 13.8 Å². The SMILES string of the molecule is Cc1cccc(C)c1-c1ccnc(-n2c3ccccc3c3ccc(C(c4ccccc4)(c4ccccc4)c4cccc(N5CN(C(C)(C)C)c6ccccc65)c4)cc32)c1. The highest BCUT2D eigenvalue weighted by atomic mass is 15.4. The number of hydrogen-bond acceptors (Lipinski definition) is 3. The molecule has 0 radical (unpaired) electrons. The number of aryl methyl sites for hydroxylation is 2. The van der Waals surface area contributed by atoms with E-state index in [0.717, 1.165) is 23.5 Å². The molecule has 4 nitrogen and oxygen atoms in total. The predicted octanol–water partition coefficient (Wildman–Crippen LogP) is 13.6. The molecule has 0 saturated heterocycles. The monoisotopic (exact) mass is 764 g/mol. The molecule has 2 aromatic heterocycles. The van der Waals surface area contributed by atoms with Gasteiger partial charge in [-0.3, -0.25) is 4.57 Å². The highest BCUT2D eigenvalue weighted by Crippen LogP contribution is 2.49. The lowest BCUT2D eigenvalue weighted by Crippen LogP contribution is -2.42. The molecule has 0 saturated carbocycles. The number of hydrogen-bond donors (Lipinski definition) is 0. The molecule has 0 fully saturated rings. The molecule has 0 spiro atoms. The van der Waals surface area contributed by atoms with Crippen LogP contribution in [0.25, 0.3) is 38.8 Å². The van der Waals surface area contributed by atoms with Gasteiger partial charge in [0.05, 0.1) is 34.5 Å². The molecule has 4 heteroatoms. The third kappa shape index (κ3) is 5.93. The number of pyridine rings is 1. The van der Waals surface area contributed by atoms with Crippen molar-refractivity contribution in [3.63, 3.8) is 0 Å². The van der Waals surface area contributed by atoms with E-state index in [1.165, 1.54) is 72.3 Å². The summed E-state index contributed by atoms with van der Waals surface area (Å²) < 4.78 is 2.37. The topological polar surface area (TPSA) is 24.3 Å². The van der Waals surface area contributed by atoms with Gasteiger partial charge in [-0.15, -0.1) is 0 Å². The van der Waals surface area contributed by atoms with E-state index >= 15 is 0 Å². The smallest absolute Gasteiger partial charge is 0.138 e. The van der Waals surface area contributed by atoms with Gasteiger partial charge in [-0.05, 0) is 128 Å². The maximum Gasteiger partial charge on any atom is 0.138 e. The maximum absolute atomic E-state index is 5.08. The summed E-state index contributed by atoms with van der Waals surface area (Å²) in [6, 6.07) is 67.0. The van der Waals surface area contributed by atoms with E-state index in [0.29, 0.717) is 0 Å². The van der Waals surface area contributed by atoms with Crippen molar-refractivity contribution < 1.29 is 0 Å². The number of rotatable bonds is 7. The fourth-order valence-corrected chi connectivity index (χ4v) is 9.71. The van der Waals surface area contributed by atoms with Gasteiger partial charge in [0.2, 0.25) is 0 Å². The summed E-state index contributed by atoms with van der Waals surface area (Å²) in [5, 5.41) is 2.40. The number of para-hydroxylation sites is 3. The van der Waals surface area contributed by atoms with Crippen LogP contribution in [-0.4, -0.2) is 21.8 Å². The second-order valence-electron chi connectivity index (χ2n) is 16.9. The van der Waals surface area contributed by atoms with Gasteiger partial charge in [-0.2, -0.15) is 0 Å². The van der Waals surface area contributed by atoms with Gasteiger partial charge in [0, 0.05) is 28.2 Å². The summed E-state index contributed by atoms with van der Waals surface area (Å²) in [5.41, 5.74) is 15.0. The minimum atomic E-state index is -0.662. The van der Waals surface area contributed by atoms with Gasteiger partial charge in [0.15, 0.2) is 0 Å². The van der Waals surface area contributed by atoms with Crippen LogP contribution in [0.1, 0.15) is 54.2 Å². The minimum Gasteiger partial charge on any atom is -0.347 e. The maximum atomic E-state index is 5.08. The molecule has 10 rings (SSSR count). The van der Waals surface area contributed by atoms with Crippen molar-refractivity contribution in [1.29, 1.82) is 0 Å². The van der Waals surface area contributed by atoms with Crippen molar-refractivity contribution in [1.82, 2.24) is 9.55 Å². The van der Waals surface area contributed by atoms with E-state index in [1.807, 2.05) is 6.20 Å². The fourth-order valence-electron chi connectivity index (χ4n) is 9.71. The second kappa shape index (κ2) is 14.2. The lowest BCUT2D eigenvalue weighted by molar-refractivity contribution is 0.518. The molecule has 0 N–H and O–H groups in total. The van der Waals surface area contributed by atoms with E-state index in [9.17, 15) is 0 Å². The van der Waals surface area contributed by atoms with Crippen LogP contribution in [0.4, 0.5) is 17.1 Å². The molecular formula is C55H48N4. The molecule has 7 aromatic carbocycles. The van der Waals surface area contributed by atoms with E-state index < -0.39 is 5.41 Å². The van der Waals surface area contributed by atoms with Crippen LogP contribution in [-0.2, 0) is 5.41 Å². The van der Waals surface area contributed by atoms with Crippen molar-refractivity contribution in [2.75, 3.05) is 16.5 Å². The Morgan fingerprint density at radius 1 is 0.492 bits per heavy atom. The Labute approximate surface area is 347 Å². The number of anilines is 3. The molecular weight excluding hydrogens is 717 g/mol. The lowest BCUT2D eigenvalue weighted by atomic mass is 9.65. The molecule has 0 unspecified atom stereocenters. The van der Waals surface area contributed by atoms with Gasteiger partial charge in [0.1, 0.15) is 5.82 Å². The molecule has 3 heterocycles. The molecule has 0 atom stereocenters. The zero-order valence-corrected chi connectivity index (χ0v) is 34.4. The predicted molar refractivity (Wildman–Crippen MR) is 247 cm³/mol. The Kier molecular flexibility index (Phi) is 8.75. The lowest BCUT2D eigenvalue weighted by Gasteiger charge is -2.38. The first-order valence-corrected chi connectivity index (χ1v) is 20.7. The Hall–Kier alpha value is -6.91. The quantitative estimate of drug-likeness (QED) is 0.151. The summed E-state index contributed by atoms with van der Waals surface area (Å²) in [6.45, 7) is 12.1. The van der Waals surface area contributed by atoms with Crippen molar-refractivity contribution >= 4 is 38.9 Å². The Bertz CT molecular complexity index is 2930. The first kappa shape index (κ1) is 36.4. The first-order chi connectivity index (χ1) is 28.7. The standard InChI is InChI=1S/C55H48N4/c1-38-18-16-19-39(2)53(38)40-32-33-56-52(34-40)59-48-27-13-12-26-46(48)47-31-30-44(36-51(47)59)55(41-20-8-6-9-21-41,42-22-10-7-11-23-42)43-24-17-25-45(35-43)57-37-58(54(3,4)5)50-29-15-14-28-49(50)57/h6-36H,37H2,1-5H3. The van der Waals surface area contributed by atoms with Crippen molar-refractivity contribution in [3.8, 4) is 16.9 Å². The Morgan fingerprint density at radius 2 is 1.08 bits per heavy atom. The molecule has 0 amide bonds. The summed E-state index contributed by atoms with van der Waals surface area (Å²) in [4.78, 5) is 10.1. The number of nitrogens with zero attached hydrogens (tertiary/aromatic N) is 4. The highest BCUT2D eigenvalue weighted by molar-refractivity contribution is 6.09. The molecule has 288 valence electrons. The van der Waals surface area contributed by atoms with Gasteiger partial charge >= 0.3 is 0 Å². The van der Waals surface area contributed by atoms with E-state index in [2.05, 4.69) is 231 Å². The third-order valence-corrected chi connectivity index (χ3v) is 12.4. The molecule has 0 bridgehead atoms. The van der Waals surface area contributed by atoms with Crippen LogP contribution in [0.2, 0.25) is 0 Å². The van der Waals surface area contributed by atoms with Gasteiger partial charge in [-0.1, -0.05) is 133 Å². The Morgan fingerprint density at radius 3 is 1.80 bits per heavy atom. The van der Waals surface area contributed by atoms with Crippen molar-refractivity contribution in [2.45, 2.75) is 45.6 Å². The van der Waals surface area contributed by atoms with E-state index in [-0.39, 0.29) is 5.54 Å². The summed E-state index contributed by atoms with van der Waals surface area (Å²) in [6.07, 6.45) is 1.96. The van der Waals surface area contributed by atoms with Crippen LogP contribution in [0.15, 0.2) is 188 Å². The normalized spacial score (nSPS) is 13.0. The zero-order valence-electron chi connectivity index (χ0n) is 34.4. The number of fused-ring (bicyclic) bond motifs is 4. The van der Waals surface area contributed by atoms with Crippen LogP contribution in [0.3, 0.4) is 0 Å². The van der Waals surface area contributed by atoms with E-state index in [4.69, 9.17) is 4.98 Å². The first-order valence-electron chi connectivity index (χ1n) is 20.7. The third-order valence-electron chi connectivity index (χ3n) is 12.4.